The average Bonchev–Trinajstić information content (AvgIpc) is 3.39. The Hall–Kier alpha value is -3.98. The van der Waals surface area contributed by atoms with E-state index in [0.29, 0.717) is 22.8 Å². The fraction of sp³-hybridized carbons (Fsp3) is 0.231. The van der Waals surface area contributed by atoms with Crippen molar-refractivity contribution in [3.05, 3.63) is 77.1 Å². The van der Waals surface area contributed by atoms with E-state index >= 15 is 0 Å². The largest absolute Gasteiger partial charge is 0.457 e. The van der Waals surface area contributed by atoms with E-state index in [2.05, 4.69) is 15.4 Å². The summed E-state index contributed by atoms with van der Waals surface area (Å²) in [5.41, 5.74) is 3.62. The number of hydrogen-bond acceptors (Lipinski definition) is 7. The van der Waals surface area contributed by atoms with Gasteiger partial charge in [-0.3, -0.25) is 14.3 Å². The van der Waals surface area contributed by atoms with Crippen molar-refractivity contribution in [1.29, 1.82) is 0 Å². The number of ether oxygens (including phenoxy) is 2. The molecule has 2 heterocycles. The molecule has 0 spiro atoms. The normalized spacial score (nSPS) is 11.7. The molecule has 1 amide bonds. The number of aryl methyl sites for hydroxylation is 2. The van der Waals surface area contributed by atoms with Crippen LogP contribution in [-0.2, 0) is 27.8 Å². The van der Waals surface area contributed by atoms with Gasteiger partial charge in [0.05, 0.1) is 29.2 Å². The van der Waals surface area contributed by atoms with E-state index in [-0.39, 0.29) is 6.42 Å². The Bertz CT molecular complexity index is 1350. The van der Waals surface area contributed by atoms with Gasteiger partial charge in [-0.05, 0) is 45.0 Å². The van der Waals surface area contributed by atoms with Crippen molar-refractivity contribution < 1.29 is 19.1 Å². The minimum atomic E-state index is -0.952. The highest BCUT2D eigenvalue weighted by atomic mass is 32.1. The second-order valence-electron chi connectivity index (χ2n) is 8.05. The molecule has 0 aliphatic carbocycles. The Morgan fingerprint density at radius 2 is 1.83 bits per heavy atom. The van der Waals surface area contributed by atoms with Gasteiger partial charge in [-0.15, -0.1) is 11.3 Å². The first kappa shape index (κ1) is 24.2. The third-order valence-corrected chi connectivity index (χ3v) is 6.31. The Morgan fingerprint density at radius 3 is 2.54 bits per heavy atom. The number of nitrogens with zero attached hydrogens (tertiary/aromatic N) is 3. The predicted octanol–water partition coefficient (Wildman–Crippen LogP) is 5.07. The number of amides is 1. The molecule has 1 N–H and O–H groups in total. The number of nitrogens with one attached hydrogen (secondary N) is 1. The summed E-state index contributed by atoms with van der Waals surface area (Å²) in [6.07, 6.45) is -0.981. The van der Waals surface area contributed by atoms with Gasteiger partial charge < -0.3 is 14.8 Å². The Labute approximate surface area is 207 Å². The highest BCUT2D eigenvalue weighted by molar-refractivity contribution is 7.13. The van der Waals surface area contributed by atoms with Crippen LogP contribution in [0.15, 0.2) is 60.0 Å². The molecule has 0 saturated carbocycles. The monoisotopic (exact) mass is 490 g/mol. The van der Waals surface area contributed by atoms with Crippen LogP contribution < -0.4 is 10.1 Å². The summed E-state index contributed by atoms with van der Waals surface area (Å²) in [5.74, 6) is 0.514. The van der Waals surface area contributed by atoms with Crippen molar-refractivity contribution in [3.8, 4) is 22.1 Å². The Kier molecular flexibility index (Phi) is 7.26. The van der Waals surface area contributed by atoms with Gasteiger partial charge in [0, 0.05) is 18.0 Å². The lowest BCUT2D eigenvalue weighted by molar-refractivity contribution is -0.152. The molecular weight excluding hydrogens is 464 g/mol. The van der Waals surface area contributed by atoms with Crippen LogP contribution in [0.2, 0.25) is 0 Å². The molecule has 1 atom stereocenters. The number of thiazole rings is 1. The number of benzene rings is 2. The molecule has 2 aromatic heterocycles. The summed E-state index contributed by atoms with van der Waals surface area (Å²) < 4.78 is 12.9. The summed E-state index contributed by atoms with van der Waals surface area (Å²) in [7, 11) is 1.80. The zero-order valence-corrected chi connectivity index (χ0v) is 20.8. The summed E-state index contributed by atoms with van der Waals surface area (Å²) in [4.78, 5) is 29.5. The van der Waals surface area contributed by atoms with Gasteiger partial charge in [0.1, 0.15) is 16.5 Å². The van der Waals surface area contributed by atoms with E-state index in [1.165, 1.54) is 11.3 Å². The van der Waals surface area contributed by atoms with Crippen LogP contribution in [0, 0.1) is 13.8 Å². The summed E-state index contributed by atoms with van der Waals surface area (Å²) in [6, 6.07) is 17.2. The van der Waals surface area contributed by atoms with Gasteiger partial charge >= 0.3 is 5.97 Å². The zero-order chi connectivity index (χ0) is 24.9. The van der Waals surface area contributed by atoms with Crippen LogP contribution in [-0.4, -0.2) is 32.7 Å². The quantitative estimate of drug-likeness (QED) is 0.347. The summed E-state index contributed by atoms with van der Waals surface area (Å²) in [6.45, 7) is 5.21. The van der Waals surface area contributed by atoms with Crippen LogP contribution in [0.5, 0.6) is 11.5 Å². The SMILES string of the molecule is Cc1nn(C)c(C)c1NC(=O)C(C)OC(=O)Cc1csc(-c2cccc(Oc3ccccc3)c2)n1. The van der Waals surface area contributed by atoms with E-state index in [1.54, 1.807) is 18.7 Å². The molecule has 0 saturated heterocycles. The maximum atomic E-state index is 12.5. The van der Waals surface area contributed by atoms with Crippen LogP contribution >= 0.6 is 11.3 Å². The molecule has 35 heavy (non-hydrogen) atoms. The molecule has 0 fully saturated rings. The minimum absolute atomic E-state index is 0.0285. The van der Waals surface area contributed by atoms with Gasteiger partial charge in [0.15, 0.2) is 6.10 Å². The summed E-state index contributed by atoms with van der Waals surface area (Å²) >= 11 is 1.43. The lowest BCUT2D eigenvalue weighted by Gasteiger charge is -2.13. The number of carbonyl (C=O) groups excluding carboxylic acids is 2. The van der Waals surface area contributed by atoms with Crippen LogP contribution in [0.25, 0.3) is 10.6 Å². The lowest BCUT2D eigenvalue weighted by atomic mass is 10.2. The van der Waals surface area contributed by atoms with E-state index in [0.717, 1.165) is 22.0 Å². The molecule has 1 unspecified atom stereocenters. The highest BCUT2D eigenvalue weighted by Gasteiger charge is 2.21. The van der Waals surface area contributed by atoms with Gasteiger partial charge in [0.25, 0.3) is 5.91 Å². The minimum Gasteiger partial charge on any atom is -0.457 e. The van der Waals surface area contributed by atoms with Gasteiger partial charge in [-0.25, -0.2) is 4.98 Å². The number of para-hydroxylation sites is 1. The Balaban J connectivity index is 1.35. The molecule has 0 aliphatic rings. The Morgan fingerprint density at radius 1 is 1.09 bits per heavy atom. The van der Waals surface area contributed by atoms with E-state index < -0.39 is 18.0 Å². The van der Waals surface area contributed by atoms with Crippen molar-refractivity contribution in [3.63, 3.8) is 0 Å². The first-order valence-corrected chi connectivity index (χ1v) is 12.0. The second-order valence-corrected chi connectivity index (χ2v) is 8.91. The second kappa shape index (κ2) is 10.5. The van der Waals surface area contributed by atoms with Crippen molar-refractivity contribution >= 4 is 28.9 Å². The first-order valence-electron chi connectivity index (χ1n) is 11.1. The number of carbonyl (C=O) groups is 2. The molecule has 8 nitrogen and oxygen atoms in total. The lowest BCUT2D eigenvalue weighted by Crippen LogP contribution is -2.30. The van der Waals surface area contributed by atoms with Gasteiger partial charge in [0.2, 0.25) is 0 Å². The van der Waals surface area contributed by atoms with Crippen molar-refractivity contribution in [1.82, 2.24) is 14.8 Å². The highest BCUT2D eigenvalue weighted by Crippen LogP contribution is 2.29. The number of hydrogen-bond donors (Lipinski definition) is 1. The molecule has 4 aromatic rings. The number of aromatic nitrogens is 3. The molecule has 2 aromatic carbocycles. The first-order chi connectivity index (χ1) is 16.8. The molecule has 9 heteroatoms. The zero-order valence-electron chi connectivity index (χ0n) is 19.9. The third-order valence-electron chi connectivity index (χ3n) is 5.37. The summed E-state index contributed by atoms with van der Waals surface area (Å²) in [5, 5.41) is 9.64. The molecule has 0 bridgehead atoms. The van der Waals surface area contributed by atoms with E-state index in [9.17, 15) is 9.59 Å². The van der Waals surface area contributed by atoms with Crippen LogP contribution in [0.3, 0.4) is 0 Å². The van der Waals surface area contributed by atoms with Gasteiger partial charge in [-0.1, -0.05) is 30.3 Å². The average molecular weight is 491 g/mol. The topological polar surface area (TPSA) is 95.3 Å². The smallest absolute Gasteiger partial charge is 0.312 e. The third kappa shape index (κ3) is 5.93. The van der Waals surface area contributed by atoms with E-state index in [1.807, 2.05) is 73.8 Å². The fourth-order valence-corrected chi connectivity index (χ4v) is 4.27. The number of rotatable bonds is 8. The van der Waals surface area contributed by atoms with Crippen LogP contribution in [0.4, 0.5) is 5.69 Å². The van der Waals surface area contributed by atoms with Crippen LogP contribution in [0.1, 0.15) is 24.0 Å². The number of anilines is 1. The maximum absolute atomic E-state index is 12.5. The van der Waals surface area contributed by atoms with Gasteiger partial charge in [-0.2, -0.15) is 5.10 Å². The number of esters is 1. The standard InChI is InChI=1S/C26H26N4O4S/c1-16-24(17(2)30(4)29-16)28-25(32)18(3)33-23(31)14-20-15-35-26(27-20)19-9-8-12-22(13-19)34-21-10-6-5-7-11-21/h5-13,15,18H,14H2,1-4H3,(H,28,32). The van der Waals surface area contributed by atoms with Crippen molar-refractivity contribution in [2.24, 2.45) is 7.05 Å². The molecule has 0 aliphatic heterocycles. The molecule has 4 rings (SSSR count). The van der Waals surface area contributed by atoms with E-state index in [4.69, 9.17) is 9.47 Å². The fourth-order valence-electron chi connectivity index (χ4n) is 3.46. The molecule has 0 radical (unpaired) electrons. The molecule has 180 valence electrons. The predicted molar refractivity (Wildman–Crippen MR) is 135 cm³/mol. The molecular formula is C26H26N4O4S. The van der Waals surface area contributed by atoms with Crippen molar-refractivity contribution in [2.45, 2.75) is 33.3 Å². The maximum Gasteiger partial charge on any atom is 0.312 e. The van der Waals surface area contributed by atoms with Crippen molar-refractivity contribution in [2.75, 3.05) is 5.32 Å².